The van der Waals surface area contributed by atoms with Crippen LogP contribution < -0.4 is 25.6 Å². The zero-order chi connectivity index (χ0) is 34.1. The second-order valence-electron chi connectivity index (χ2n) is 11.1. The Balaban J connectivity index is 0.000000154. The van der Waals surface area contributed by atoms with E-state index in [1.165, 1.54) is 16.1 Å². The molecular weight excluding hydrogens is 848 g/mol. The summed E-state index contributed by atoms with van der Waals surface area (Å²) in [5.74, 6) is -0.687. The van der Waals surface area contributed by atoms with Gasteiger partial charge in [0.25, 0.3) is 23.6 Å². The van der Waals surface area contributed by atoms with Crippen LogP contribution in [-0.4, -0.2) is 35.2 Å². The van der Waals surface area contributed by atoms with E-state index in [1.54, 1.807) is 36.4 Å². The van der Waals surface area contributed by atoms with Gasteiger partial charge in [-0.15, -0.1) is 0 Å². The van der Waals surface area contributed by atoms with Gasteiger partial charge >= 0.3 is 0 Å². The maximum Gasteiger partial charge on any atom is 0.282 e. The number of amides is 4. The van der Waals surface area contributed by atoms with Gasteiger partial charge in [-0.25, -0.2) is 15.0 Å². The predicted octanol–water partition coefficient (Wildman–Crippen LogP) is 5.99. The van der Waals surface area contributed by atoms with Crippen LogP contribution in [0, 0.1) is 7.14 Å². The van der Waals surface area contributed by atoms with Crippen LogP contribution in [-0.2, 0) is 25.6 Å². The van der Waals surface area contributed by atoms with Crippen LogP contribution in [0.25, 0.3) is 23.1 Å². The first-order valence-corrected chi connectivity index (χ1v) is 17.3. The highest BCUT2D eigenvalue weighted by molar-refractivity contribution is 14.1. The average molecular weight is 873 g/mol. The molecule has 12 heteroatoms. The number of para-hydroxylation sites is 1. The van der Waals surface area contributed by atoms with E-state index in [1.807, 2.05) is 72.8 Å². The number of carbonyl (C=O) groups excluding carboxylic acids is 4. The Bertz CT molecular complexity index is 2220. The Kier molecular flexibility index (Phi) is 9.14. The Morgan fingerprint density at radius 1 is 0.673 bits per heavy atom. The van der Waals surface area contributed by atoms with Gasteiger partial charge in [0.15, 0.2) is 0 Å². The van der Waals surface area contributed by atoms with Crippen LogP contribution >= 0.6 is 45.2 Å². The molecule has 5 aromatic rings. The van der Waals surface area contributed by atoms with Crippen LogP contribution in [0.1, 0.15) is 16.8 Å². The van der Waals surface area contributed by atoms with E-state index in [2.05, 4.69) is 61.0 Å². The molecule has 1 aromatic heterocycles. The minimum Gasteiger partial charge on any atom is -0.493 e. The zero-order valence-corrected chi connectivity index (χ0v) is 29.8. The number of carbonyl (C=O) groups is 4. The molecule has 2 saturated heterocycles. The fourth-order valence-electron chi connectivity index (χ4n) is 5.43. The van der Waals surface area contributed by atoms with Crippen molar-refractivity contribution in [1.82, 2.24) is 15.8 Å². The number of hydrogen-bond acceptors (Lipinski definition) is 6. The number of hydrazine groups is 2. The van der Waals surface area contributed by atoms with Gasteiger partial charge in [0.1, 0.15) is 16.9 Å². The zero-order valence-electron chi connectivity index (χ0n) is 25.5. The van der Waals surface area contributed by atoms with E-state index in [4.69, 9.17) is 4.74 Å². The molecule has 242 valence electrons. The Labute approximate surface area is 308 Å². The fourth-order valence-corrected chi connectivity index (χ4v) is 6.15. The molecule has 0 saturated carbocycles. The van der Waals surface area contributed by atoms with Crippen molar-refractivity contribution in [2.75, 3.05) is 16.6 Å². The topological polar surface area (TPSA) is 121 Å². The van der Waals surface area contributed by atoms with E-state index in [0.717, 1.165) is 41.3 Å². The predicted molar refractivity (Wildman–Crippen MR) is 203 cm³/mol. The summed E-state index contributed by atoms with van der Waals surface area (Å²) in [5.41, 5.74) is 9.98. The number of ether oxygens (including phenoxy) is 1. The normalized spacial score (nSPS) is 16.9. The number of anilines is 2. The summed E-state index contributed by atoms with van der Waals surface area (Å²) in [6, 6.07) is 31.8. The van der Waals surface area contributed by atoms with Crippen LogP contribution in [0.4, 0.5) is 11.4 Å². The first-order chi connectivity index (χ1) is 23.7. The van der Waals surface area contributed by atoms with E-state index < -0.39 is 11.8 Å². The number of pyridine rings is 1. The molecule has 3 aliphatic rings. The monoisotopic (exact) mass is 873 g/mol. The van der Waals surface area contributed by atoms with Gasteiger partial charge < -0.3 is 4.74 Å². The number of fused-ring (bicyclic) bond motifs is 2. The minimum absolute atomic E-state index is 0.0707. The smallest absolute Gasteiger partial charge is 0.282 e. The van der Waals surface area contributed by atoms with Crippen molar-refractivity contribution in [3.8, 4) is 5.75 Å². The molecule has 0 bridgehead atoms. The lowest BCUT2D eigenvalue weighted by atomic mass is 10.1. The number of nitrogens with one attached hydrogen (secondary N) is 2. The van der Waals surface area contributed by atoms with Crippen molar-refractivity contribution in [2.45, 2.75) is 6.42 Å². The van der Waals surface area contributed by atoms with Gasteiger partial charge in [-0.2, -0.15) is 0 Å². The second kappa shape index (κ2) is 13.8. The molecular formula is C37H25I2N5O5. The molecule has 0 aliphatic carbocycles. The summed E-state index contributed by atoms with van der Waals surface area (Å²) in [6.07, 6.45) is 4.00. The van der Waals surface area contributed by atoms with Crippen molar-refractivity contribution in [3.05, 3.63) is 138 Å². The Morgan fingerprint density at radius 2 is 1.27 bits per heavy atom. The summed E-state index contributed by atoms with van der Waals surface area (Å²) >= 11 is 4.37. The largest absolute Gasteiger partial charge is 0.493 e. The highest BCUT2D eigenvalue weighted by atomic mass is 127. The lowest BCUT2D eigenvalue weighted by molar-refractivity contribution is -0.118. The molecule has 0 spiro atoms. The summed E-state index contributed by atoms with van der Waals surface area (Å²) in [4.78, 5) is 54.1. The number of benzene rings is 4. The molecule has 2 fully saturated rings. The van der Waals surface area contributed by atoms with Crippen molar-refractivity contribution < 1.29 is 23.9 Å². The molecule has 0 unspecified atom stereocenters. The van der Waals surface area contributed by atoms with Crippen molar-refractivity contribution in [3.63, 3.8) is 0 Å². The minimum atomic E-state index is -0.432. The maximum atomic E-state index is 12.6. The van der Waals surface area contributed by atoms with Crippen LogP contribution in [0.5, 0.6) is 5.75 Å². The third kappa shape index (κ3) is 6.91. The van der Waals surface area contributed by atoms with Gasteiger partial charge in [-0.3, -0.25) is 30.0 Å². The van der Waals surface area contributed by atoms with Crippen molar-refractivity contribution in [2.24, 2.45) is 0 Å². The van der Waals surface area contributed by atoms with E-state index in [9.17, 15) is 19.2 Å². The van der Waals surface area contributed by atoms with Gasteiger partial charge in [-0.1, -0.05) is 30.3 Å². The van der Waals surface area contributed by atoms with Gasteiger partial charge in [0, 0.05) is 18.9 Å². The highest BCUT2D eigenvalue weighted by Gasteiger charge is 2.35. The van der Waals surface area contributed by atoms with Gasteiger partial charge in [-0.05, 0) is 141 Å². The first kappa shape index (κ1) is 32.5. The van der Waals surface area contributed by atoms with Gasteiger partial charge in [0.05, 0.1) is 29.2 Å². The second-order valence-corrected chi connectivity index (χ2v) is 13.6. The number of halogens is 2. The van der Waals surface area contributed by atoms with E-state index >= 15 is 0 Å². The third-order valence-corrected chi connectivity index (χ3v) is 9.33. The fraction of sp³-hybridized carbons (Fsp3) is 0.0541. The lowest BCUT2D eigenvalue weighted by Gasteiger charge is -2.14. The summed E-state index contributed by atoms with van der Waals surface area (Å²) < 4.78 is 7.59. The van der Waals surface area contributed by atoms with Crippen LogP contribution in [0.2, 0.25) is 0 Å². The molecule has 0 atom stereocenters. The van der Waals surface area contributed by atoms with Crippen molar-refractivity contribution in [1.29, 1.82) is 0 Å². The summed E-state index contributed by atoms with van der Waals surface area (Å²) in [7, 11) is 0. The van der Waals surface area contributed by atoms with E-state index in [0.29, 0.717) is 23.7 Å². The van der Waals surface area contributed by atoms with Crippen LogP contribution in [0.3, 0.4) is 0 Å². The maximum absolute atomic E-state index is 12.6. The number of aromatic nitrogens is 1. The molecule has 49 heavy (non-hydrogen) atoms. The van der Waals surface area contributed by atoms with Gasteiger partial charge in [0.2, 0.25) is 0 Å². The lowest BCUT2D eigenvalue weighted by Crippen LogP contribution is -2.35. The van der Waals surface area contributed by atoms with E-state index in [-0.39, 0.29) is 23.0 Å². The molecule has 4 heterocycles. The number of nitrogens with zero attached hydrogens (tertiary/aromatic N) is 3. The standard InChI is InChI=1S/C19H12IN3O2.C18H13IN2O3/c20-13-6-9-15(10-7-13)23-19(25)16(18(24)22-23)11-14-8-5-12-3-1-2-4-17(12)21-14;19-13-2-4-14(5-3-13)21-18(23)15(17(22)20-21)10-11-1-6-16-12(9-11)7-8-24-16/h1-11H,(H,22,24);1-6,9-10H,7-8H2,(H,20,22). The Morgan fingerprint density at radius 3 is 1.90 bits per heavy atom. The molecule has 4 aromatic carbocycles. The van der Waals surface area contributed by atoms with Crippen LogP contribution in [0.15, 0.2) is 114 Å². The average Bonchev–Trinajstić information content (AvgIpc) is 3.78. The summed E-state index contributed by atoms with van der Waals surface area (Å²) in [5, 5.41) is 3.54. The SMILES string of the molecule is O=C1NN(c2ccc(I)cc2)C(=O)C1=Cc1ccc2c(c1)CCO2.O=C1NN(c2ccc(I)cc2)C(=O)C1=Cc1ccc2ccccc2n1. The van der Waals surface area contributed by atoms with Crippen molar-refractivity contribution >= 4 is 103 Å². The third-order valence-electron chi connectivity index (χ3n) is 7.89. The quantitative estimate of drug-likeness (QED) is 0.130. The molecule has 2 N–H and O–H groups in total. The molecule has 10 nitrogen and oxygen atoms in total. The molecule has 3 aliphatic heterocycles. The number of hydrogen-bond donors (Lipinski definition) is 2. The Hall–Kier alpha value is -5.09. The summed E-state index contributed by atoms with van der Waals surface area (Å²) in [6.45, 7) is 0.676. The first-order valence-electron chi connectivity index (χ1n) is 15.1. The number of rotatable bonds is 4. The highest BCUT2D eigenvalue weighted by Crippen LogP contribution is 2.28. The molecule has 8 rings (SSSR count). The molecule has 0 radical (unpaired) electrons. The molecule has 4 amide bonds.